The van der Waals surface area contributed by atoms with Crippen LogP contribution in [0.2, 0.25) is 0 Å². The van der Waals surface area contributed by atoms with Gasteiger partial charge in [-0.15, -0.1) is 0 Å². The molecule has 1 atom stereocenters. The SMILES string of the molecule is CCCC1C(=O)NC(=O)N(CCC2=CCCCC2)C1=O. The van der Waals surface area contributed by atoms with Crippen LogP contribution in [-0.4, -0.2) is 29.3 Å². The summed E-state index contributed by atoms with van der Waals surface area (Å²) in [6.07, 6.45) is 8.74. The van der Waals surface area contributed by atoms with Crippen molar-refractivity contribution in [1.29, 1.82) is 0 Å². The number of hydrogen-bond acceptors (Lipinski definition) is 3. The first-order valence-corrected chi connectivity index (χ1v) is 7.47. The lowest BCUT2D eigenvalue weighted by Crippen LogP contribution is -2.58. The molecule has 4 amide bonds. The average molecular weight is 278 g/mol. The van der Waals surface area contributed by atoms with Crippen LogP contribution in [0, 0.1) is 5.92 Å². The molecule has 5 nitrogen and oxygen atoms in total. The molecule has 1 N–H and O–H groups in total. The van der Waals surface area contributed by atoms with E-state index in [1.165, 1.54) is 23.3 Å². The molecule has 1 heterocycles. The number of barbiturate groups is 1. The Morgan fingerprint density at radius 2 is 2.10 bits per heavy atom. The molecule has 1 aliphatic heterocycles. The Bertz CT molecular complexity index is 442. The minimum atomic E-state index is -0.696. The highest BCUT2D eigenvalue weighted by atomic mass is 16.2. The maximum Gasteiger partial charge on any atom is 0.330 e. The van der Waals surface area contributed by atoms with Gasteiger partial charge >= 0.3 is 6.03 Å². The van der Waals surface area contributed by atoms with Gasteiger partial charge in [0.15, 0.2) is 0 Å². The summed E-state index contributed by atoms with van der Waals surface area (Å²) in [6, 6.07) is -0.566. The summed E-state index contributed by atoms with van der Waals surface area (Å²) < 4.78 is 0. The predicted molar refractivity (Wildman–Crippen MR) is 74.8 cm³/mol. The zero-order chi connectivity index (χ0) is 14.5. The quantitative estimate of drug-likeness (QED) is 0.620. The number of amides is 4. The van der Waals surface area contributed by atoms with Crippen LogP contribution in [0.5, 0.6) is 0 Å². The third-order valence-electron chi connectivity index (χ3n) is 3.97. The second-order valence-electron chi connectivity index (χ2n) is 5.48. The van der Waals surface area contributed by atoms with Gasteiger partial charge in [-0.2, -0.15) is 0 Å². The number of rotatable bonds is 5. The summed E-state index contributed by atoms with van der Waals surface area (Å²) in [7, 11) is 0. The molecule has 0 spiro atoms. The van der Waals surface area contributed by atoms with E-state index >= 15 is 0 Å². The summed E-state index contributed by atoms with van der Waals surface area (Å²) in [6.45, 7) is 2.30. The molecule has 0 bridgehead atoms. The van der Waals surface area contributed by atoms with E-state index in [2.05, 4.69) is 11.4 Å². The second kappa shape index (κ2) is 6.68. The standard InChI is InChI=1S/C15H22N2O3/c1-2-6-12-13(18)16-15(20)17(14(12)19)10-9-11-7-4-3-5-8-11/h7,12H,2-6,8-10H2,1H3,(H,16,18,20). The molecule has 0 aromatic heterocycles. The maximum atomic E-state index is 12.2. The third-order valence-corrected chi connectivity index (χ3v) is 3.97. The van der Waals surface area contributed by atoms with Crippen LogP contribution >= 0.6 is 0 Å². The Labute approximate surface area is 119 Å². The Kier molecular flexibility index (Phi) is 4.93. The number of carbonyl (C=O) groups is 3. The Balaban J connectivity index is 1.98. The molecule has 110 valence electrons. The van der Waals surface area contributed by atoms with Gasteiger partial charge in [0, 0.05) is 6.54 Å². The lowest BCUT2D eigenvalue weighted by Gasteiger charge is -2.30. The molecule has 5 heteroatoms. The summed E-state index contributed by atoms with van der Waals surface area (Å²) in [5.41, 5.74) is 1.32. The van der Waals surface area contributed by atoms with Crippen molar-refractivity contribution >= 4 is 17.8 Å². The molecular formula is C15H22N2O3. The number of imide groups is 2. The zero-order valence-corrected chi connectivity index (χ0v) is 12.0. The first-order valence-electron chi connectivity index (χ1n) is 7.47. The minimum Gasteiger partial charge on any atom is -0.277 e. The van der Waals surface area contributed by atoms with Crippen LogP contribution in [0.15, 0.2) is 11.6 Å². The van der Waals surface area contributed by atoms with E-state index in [0.29, 0.717) is 13.0 Å². The smallest absolute Gasteiger partial charge is 0.277 e. The average Bonchev–Trinajstić information content (AvgIpc) is 2.44. The fourth-order valence-corrected chi connectivity index (χ4v) is 2.80. The highest BCUT2D eigenvalue weighted by molar-refractivity contribution is 6.16. The first-order chi connectivity index (χ1) is 9.63. The maximum absolute atomic E-state index is 12.2. The van der Waals surface area contributed by atoms with Gasteiger partial charge in [-0.1, -0.05) is 25.0 Å². The van der Waals surface area contributed by atoms with Gasteiger partial charge in [0.05, 0.1) is 0 Å². The van der Waals surface area contributed by atoms with E-state index in [9.17, 15) is 14.4 Å². The van der Waals surface area contributed by atoms with Crippen molar-refractivity contribution in [3.8, 4) is 0 Å². The van der Waals surface area contributed by atoms with Crippen LogP contribution in [0.1, 0.15) is 51.9 Å². The summed E-state index contributed by atoms with van der Waals surface area (Å²) in [5, 5.41) is 2.29. The molecule has 0 aromatic carbocycles. The lowest BCUT2D eigenvalue weighted by atomic mass is 9.96. The van der Waals surface area contributed by atoms with Crippen molar-refractivity contribution in [2.75, 3.05) is 6.54 Å². The number of nitrogens with zero attached hydrogens (tertiary/aromatic N) is 1. The van der Waals surface area contributed by atoms with Gasteiger partial charge in [0.1, 0.15) is 5.92 Å². The van der Waals surface area contributed by atoms with E-state index < -0.39 is 17.9 Å². The largest absolute Gasteiger partial charge is 0.330 e. The van der Waals surface area contributed by atoms with E-state index in [-0.39, 0.29) is 5.91 Å². The first kappa shape index (κ1) is 14.8. The van der Waals surface area contributed by atoms with E-state index in [0.717, 1.165) is 25.7 Å². The topological polar surface area (TPSA) is 66.5 Å². The lowest BCUT2D eigenvalue weighted by molar-refractivity contribution is -0.142. The van der Waals surface area contributed by atoms with Crippen LogP contribution in [-0.2, 0) is 9.59 Å². The second-order valence-corrected chi connectivity index (χ2v) is 5.48. The molecule has 1 unspecified atom stereocenters. The minimum absolute atomic E-state index is 0.336. The Morgan fingerprint density at radius 1 is 1.30 bits per heavy atom. The number of urea groups is 1. The van der Waals surface area contributed by atoms with Gasteiger partial charge in [-0.3, -0.25) is 19.8 Å². The van der Waals surface area contributed by atoms with E-state index in [4.69, 9.17) is 0 Å². The van der Waals surface area contributed by atoms with Gasteiger partial charge in [-0.05, 0) is 38.5 Å². The summed E-state index contributed by atoms with van der Waals surface area (Å²) in [4.78, 5) is 36.9. The van der Waals surface area contributed by atoms with Crippen LogP contribution in [0.4, 0.5) is 4.79 Å². The van der Waals surface area contributed by atoms with Crippen molar-refractivity contribution in [3.63, 3.8) is 0 Å². The van der Waals surface area contributed by atoms with E-state index in [1.54, 1.807) is 0 Å². The van der Waals surface area contributed by atoms with Crippen LogP contribution in [0.3, 0.4) is 0 Å². The van der Waals surface area contributed by atoms with Crippen molar-refractivity contribution in [2.45, 2.75) is 51.9 Å². The zero-order valence-electron chi connectivity index (χ0n) is 12.0. The van der Waals surface area contributed by atoms with Crippen molar-refractivity contribution in [1.82, 2.24) is 10.2 Å². The molecule has 0 aromatic rings. The Hall–Kier alpha value is -1.65. The van der Waals surface area contributed by atoms with Gasteiger partial charge in [0.2, 0.25) is 11.8 Å². The molecular weight excluding hydrogens is 256 g/mol. The normalized spacial score (nSPS) is 23.6. The van der Waals surface area contributed by atoms with Gasteiger partial charge < -0.3 is 0 Å². The number of nitrogens with one attached hydrogen (secondary N) is 1. The molecule has 2 rings (SSSR count). The third kappa shape index (κ3) is 3.26. The molecule has 20 heavy (non-hydrogen) atoms. The molecule has 0 radical (unpaired) electrons. The molecule has 2 aliphatic rings. The van der Waals surface area contributed by atoms with Crippen molar-refractivity contribution in [2.24, 2.45) is 5.92 Å². The summed E-state index contributed by atoms with van der Waals surface area (Å²) >= 11 is 0. The monoisotopic (exact) mass is 278 g/mol. The molecule has 1 fully saturated rings. The highest BCUT2D eigenvalue weighted by Gasteiger charge is 2.39. The molecule has 0 saturated carbocycles. The highest BCUT2D eigenvalue weighted by Crippen LogP contribution is 2.22. The fraction of sp³-hybridized carbons (Fsp3) is 0.667. The van der Waals surface area contributed by atoms with Gasteiger partial charge in [0.25, 0.3) is 0 Å². The summed E-state index contributed by atoms with van der Waals surface area (Å²) in [5.74, 6) is -1.48. The predicted octanol–water partition coefficient (Wildman–Crippen LogP) is 2.37. The van der Waals surface area contributed by atoms with Gasteiger partial charge in [-0.25, -0.2) is 4.79 Å². The van der Waals surface area contributed by atoms with Crippen LogP contribution < -0.4 is 5.32 Å². The van der Waals surface area contributed by atoms with Crippen LogP contribution in [0.25, 0.3) is 0 Å². The van der Waals surface area contributed by atoms with Crippen molar-refractivity contribution < 1.29 is 14.4 Å². The van der Waals surface area contributed by atoms with Crippen molar-refractivity contribution in [3.05, 3.63) is 11.6 Å². The fourth-order valence-electron chi connectivity index (χ4n) is 2.80. The number of allylic oxidation sites excluding steroid dienone is 1. The number of carbonyl (C=O) groups excluding carboxylic acids is 3. The van der Waals surface area contributed by atoms with E-state index in [1.807, 2.05) is 6.92 Å². The molecule has 1 aliphatic carbocycles. The Morgan fingerprint density at radius 3 is 2.75 bits per heavy atom. The number of hydrogen-bond donors (Lipinski definition) is 1. The molecule has 1 saturated heterocycles.